The Morgan fingerprint density at radius 3 is 2.79 bits per heavy atom. The quantitative estimate of drug-likeness (QED) is 0.682. The molecule has 1 heterocycles. The van der Waals surface area contributed by atoms with E-state index in [0.29, 0.717) is 0 Å². The van der Waals surface area contributed by atoms with Crippen molar-refractivity contribution >= 4 is 49.0 Å². The maximum atomic E-state index is 6.08. The number of fused-ring (bicyclic) bond motifs is 1. The summed E-state index contributed by atoms with van der Waals surface area (Å²) in [6.45, 7) is 2.17. The lowest BCUT2D eigenvalue weighted by Crippen LogP contribution is -1.81. The molecule has 0 saturated heterocycles. The molecule has 74 valence electrons. The van der Waals surface area contributed by atoms with Gasteiger partial charge in [-0.2, -0.15) is 0 Å². The Kier molecular flexibility index (Phi) is 3.15. The number of alkyl halides is 1. The molecule has 2 rings (SSSR count). The predicted octanol–water partition coefficient (Wildman–Crippen LogP) is 5.01. The van der Waals surface area contributed by atoms with E-state index < -0.39 is 0 Å². The topological polar surface area (TPSA) is 0 Å². The molecule has 0 aliphatic heterocycles. The summed E-state index contributed by atoms with van der Waals surface area (Å²) in [5.74, 6) is 0. The van der Waals surface area contributed by atoms with Crippen molar-refractivity contribution in [1.82, 2.24) is 0 Å². The molecule has 0 aliphatic rings. The standard InChI is InChI=1S/C11H10BrClS/c1-2-7-3-9(13)4-10-8(5-12)6-14-11(7)10/h3-4,6H,2,5H2,1H3. The Morgan fingerprint density at radius 2 is 2.14 bits per heavy atom. The fraction of sp³-hybridized carbons (Fsp3) is 0.273. The average molecular weight is 290 g/mol. The molecule has 0 radical (unpaired) electrons. The zero-order valence-electron chi connectivity index (χ0n) is 7.81. The van der Waals surface area contributed by atoms with E-state index >= 15 is 0 Å². The minimum Gasteiger partial charge on any atom is -0.143 e. The molecule has 1 aromatic heterocycles. The van der Waals surface area contributed by atoms with Gasteiger partial charge in [0.05, 0.1) is 0 Å². The Balaban J connectivity index is 2.76. The van der Waals surface area contributed by atoms with Gasteiger partial charge in [0, 0.05) is 15.1 Å². The zero-order valence-corrected chi connectivity index (χ0v) is 11.0. The van der Waals surface area contributed by atoms with E-state index in [1.807, 2.05) is 11.3 Å². The van der Waals surface area contributed by atoms with Crippen LogP contribution in [0.2, 0.25) is 5.02 Å². The molecule has 0 amide bonds. The minimum atomic E-state index is 0.843. The molecule has 0 atom stereocenters. The molecule has 0 fully saturated rings. The van der Waals surface area contributed by atoms with E-state index in [9.17, 15) is 0 Å². The number of rotatable bonds is 2. The van der Waals surface area contributed by atoms with Crippen molar-refractivity contribution in [3.8, 4) is 0 Å². The summed E-state index contributed by atoms with van der Waals surface area (Å²) < 4.78 is 1.38. The van der Waals surface area contributed by atoms with Crippen LogP contribution < -0.4 is 0 Å². The van der Waals surface area contributed by atoms with Gasteiger partial charge in [-0.1, -0.05) is 34.5 Å². The van der Waals surface area contributed by atoms with Crippen molar-refractivity contribution in [1.29, 1.82) is 0 Å². The zero-order chi connectivity index (χ0) is 10.1. The normalized spacial score (nSPS) is 11.1. The Morgan fingerprint density at radius 1 is 1.36 bits per heavy atom. The fourth-order valence-corrected chi connectivity index (χ4v) is 3.65. The van der Waals surface area contributed by atoms with Crippen LogP contribution in [0.5, 0.6) is 0 Å². The Hall–Kier alpha value is -0.0500. The smallest absolute Gasteiger partial charge is 0.0415 e. The lowest BCUT2D eigenvalue weighted by Gasteiger charge is -2.01. The van der Waals surface area contributed by atoms with Gasteiger partial charge < -0.3 is 0 Å². The lowest BCUT2D eigenvalue weighted by molar-refractivity contribution is 1.16. The van der Waals surface area contributed by atoms with Gasteiger partial charge in [-0.05, 0) is 40.4 Å². The van der Waals surface area contributed by atoms with Gasteiger partial charge in [0.1, 0.15) is 0 Å². The predicted molar refractivity (Wildman–Crippen MR) is 68.8 cm³/mol. The molecule has 0 unspecified atom stereocenters. The van der Waals surface area contributed by atoms with Crippen molar-refractivity contribution in [2.24, 2.45) is 0 Å². The molecule has 0 spiro atoms. The molecule has 0 aliphatic carbocycles. The summed E-state index contributed by atoms with van der Waals surface area (Å²) >= 11 is 11.4. The highest BCUT2D eigenvalue weighted by atomic mass is 79.9. The first-order valence-electron chi connectivity index (χ1n) is 4.50. The second kappa shape index (κ2) is 4.21. The van der Waals surface area contributed by atoms with Crippen LogP contribution in [0.15, 0.2) is 17.5 Å². The van der Waals surface area contributed by atoms with Crippen LogP contribution in [0.25, 0.3) is 10.1 Å². The highest BCUT2D eigenvalue weighted by molar-refractivity contribution is 9.08. The highest BCUT2D eigenvalue weighted by Crippen LogP contribution is 2.33. The number of hydrogen-bond acceptors (Lipinski definition) is 1. The van der Waals surface area contributed by atoms with Crippen molar-refractivity contribution < 1.29 is 0 Å². The van der Waals surface area contributed by atoms with E-state index in [-0.39, 0.29) is 0 Å². The first-order valence-corrected chi connectivity index (χ1v) is 6.88. The Bertz CT molecular complexity index is 462. The lowest BCUT2D eigenvalue weighted by atomic mass is 10.1. The summed E-state index contributed by atoms with van der Waals surface area (Å²) in [6.07, 6.45) is 1.04. The number of aryl methyl sites for hydroxylation is 1. The number of halogens is 2. The van der Waals surface area contributed by atoms with E-state index in [1.54, 1.807) is 0 Å². The molecular weight excluding hydrogens is 280 g/mol. The third-order valence-corrected chi connectivity index (χ3v) is 4.26. The molecule has 1 aromatic carbocycles. The van der Waals surface area contributed by atoms with E-state index in [4.69, 9.17) is 11.6 Å². The number of benzene rings is 1. The summed E-state index contributed by atoms with van der Waals surface area (Å²) in [5.41, 5.74) is 2.69. The van der Waals surface area contributed by atoms with Crippen LogP contribution in [0, 0.1) is 0 Å². The van der Waals surface area contributed by atoms with Crippen LogP contribution in [0.3, 0.4) is 0 Å². The van der Waals surface area contributed by atoms with Gasteiger partial charge in [0.25, 0.3) is 0 Å². The van der Waals surface area contributed by atoms with Crippen molar-refractivity contribution in [2.75, 3.05) is 0 Å². The van der Waals surface area contributed by atoms with Crippen LogP contribution in [0.1, 0.15) is 18.1 Å². The second-order valence-electron chi connectivity index (χ2n) is 3.19. The second-order valence-corrected chi connectivity index (χ2v) is 5.07. The van der Waals surface area contributed by atoms with Gasteiger partial charge in [-0.15, -0.1) is 11.3 Å². The van der Waals surface area contributed by atoms with E-state index in [2.05, 4.69) is 40.4 Å². The minimum absolute atomic E-state index is 0.843. The average Bonchev–Trinajstić information content (AvgIpc) is 2.59. The molecule has 0 nitrogen and oxygen atoms in total. The maximum absolute atomic E-state index is 6.08. The van der Waals surface area contributed by atoms with Crippen LogP contribution in [0.4, 0.5) is 0 Å². The van der Waals surface area contributed by atoms with E-state index in [0.717, 1.165) is 16.8 Å². The summed E-state index contributed by atoms with van der Waals surface area (Å²) in [4.78, 5) is 0. The van der Waals surface area contributed by atoms with E-state index in [1.165, 1.54) is 21.2 Å². The largest absolute Gasteiger partial charge is 0.143 e. The Labute approximate surface area is 101 Å². The third kappa shape index (κ3) is 1.71. The first kappa shape index (κ1) is 10.5. The summed E-state index contributed by atoms with van der Waals surface area (Å²) in [6, 6.07) is 4.13. The molecule has 3 heteroatoms. The summed E-state index contributed by atoms with van der Waals surface area (Å²) in [5, 5.41) is 5.25. The first-order chi connectivity index (χ1) is 6.76. The highest BCUT2D eigenvalue weighted by Gasteiger charge is 2.07. The monoisotopic (exact) mass is 288 g/mol. The summed E-state index contributed by atoms with van der Waals surface area (Å²) in [7, 11) is 0. The molecule has 14 heavy (non-hydrogen) atoms. The van der Waals surface area contributed by atoms with Gasteiger partial charge in [0.2, 0.25) is 0 Å². The van der Waals surface area contributed by atoms with Crippen molar-refractivity contribution in [2.45, 2.75) is 18.7 Å². The molecular formula is C11H10BrClS. The van der Waals surface area contributed by atoms with Crippen LogP contribution in [-0.4, -0.2) is 0 Å². The van der Waals surface area contributed by atoms with Gasteiger partial charge in [-0.3, -0.25) is 0 Å². The molecule has 0 saturated carbocycles. The maximum Gasteiger partial charge on any atom is 0.0415 e. The van der Waals surface area contributed by atoms with Crippen LogP contribution in [-0.2, 0) is 11.8 Å². The number of thiophene rings is 1. The fourth-order valence-electron chi connectivity index (χ4n) is 1.59. The van der Waals surface area contributed by atoms with Crippen molar-refractivity contribution in [3.63, 3.8) is 0 Å². The number of hydrogen-bond donors (Lipinski definition) is 0. The molecule has 2 aromatic rings. The third-order valence-electron chi connectivity index (χ3n) is 2.32. The van der Waals surface area contributed by atoms with Gasteiger partial charge >= 0.3 is 0 Å². The van der Waals surface area contributed by atoms with Gasteiger partial charge in [0.15, 0.2) is 0 Å². The molecule has 0 N–H and O–H groups in total. The SMILES string of the molecule is CCc1cc(Cl)cc2c(CBr)csc12. The van der Waals surface area contributed by atoms with Gasteiger partial charge in [-0.25, -0.2) is 0 Å². The van der Waals surface area contributed by atoms with Crippen molar-refractivity contribution in [3.05, 3.63) is 33.7 Å². The molecule has 0 bridgehead atoms. The van der Waals surface area contributed by atoms with Crippen LogP contribution >= 0.6 is 38.9 Å².